The van der Waals surface area contributed by atoms with Crippen LogP contribution in [0, 0.1) is 5.82 Å². The van der Waals surface area contributed by atoms with Crippen LogP contribution in [0.2, 0.25) is 0 Å². The molecule has 6 nitrogen and oxygen atoms in total. The van der Waals surface area contributed by atoms with Crippen molar-refractivity contribution in [2.75, 3.05) is 10.6 Å². The van der Waals surface area contributed by atoms with E-state index in [-0.39, 0.29) is 11.8 Å². The van der Waals surface area contributed by atoms with Gasteiger partial charge in [0.2, 0.25) is 5.95 Å². The van der Waals surface area contributed by atoms with E-state index < -0.39 is 5.82 Å². The number of anilines is 4. The second-order valence-corrected chi connectivity index (χ2v) is 3.99. The molecule has 0 saturated carbocycles. The highest BCUT2D eigenvalue weighted by Gasteiger charge is 2.07. The van der Waals surface area contributed by atoms with Crippen molar-refractivity contribution in [3.05, 3.63) is 54.7 Å². The Morgan fingerprint density at radius 3 is 2.60 bits per heavy atom. The van der Waals surface area contributed by atoms with Gasteiger partial charge < -0.3 is 10.6 Å². The molecule has 3 aromatic rings. The molecule has 0 unspecified atom stereocenters. The summed E-state index contributed by atoms with van der Waals surface area (Å²) < 4.78 is 13.7. The summed E-state index contributed by atoms with van der Waals surface area (Å²) in [6, 6.07) is 9.24. The van der Waals surface area contributed by atoms with E-state index in [4.69, 9.17) is 0 Å². The zero-order chi connectivity index (χ0) is 13.8. The van der Waals surface area contributed by atoms with Crippen molar-refractivity contribution in [2.24, 2.45) is 0 Å². The van der Waals surface area contributed by atoms with Crippen molar-refractivity contribution in [3.63, 3.8) is 0 Å². The Kier molecular flexibility index (Phi) is 3.24. The van der Waals surface area contributed by atoms with Gasteiger partial charge >= 0.3 is 0 Å². The first-order valence-corrected chi connectivity index (χ1v) is 5.92. The lowest BCUT2D eigenvalue weighted by Crippen LogP contribution is -2.02. The lowest BCUT2D eigenvalue weighted by molar-refractivity contribution is 0.619. The molecule has 20 heavy (non-hydrogen) atoms. The third-order valence-electron chi connectivity index (χ3n) is 2.53. The summed E-state index contributed by atoms with van der Waals surface area (Å²) in [4.78, 5) is 7.97. The Labute approximate surface area is 114 Å². The van der Waals surface area contributed by atoms with Crippen molar-refractivity contribution < 1.29 is 4.39 Å². The van der Waals surface area contributed by atoms with Crippen molar-refractivity contribution in [1.29, 1.82) is 0 Å². The highest BCUT2D eigenvalue weighted by Crippen LogP contribution is 2.19. The molecular weight excluding hydrogens is 259 g/mol. The summed E-state index contributed by atoms with van der Waals surface area (Å²) in [6.45, 7) is 0. The molecule has 100 valence electrons. The predicted octanol–water partition coefficient (Wildman–Crippen LogP) is 2.83. The number of rotatable bonds is 4. The van der Waals surface area contributed by atoms with Crippen LogP contribution in [0.1, 0.15) is 0 Å². The molecule has 2 heterocycles. The second-order valence-electron chi connectivity index (χ2n) is 3.99. The fourth-order valence-corrected chi connectivity index (χ4v) is 1.62. The minimum absolute atomic E-state index is 0.109. The number of hydrogen-bond donors (Lipinski definition) is 3. The normalized spacial score (nSPS) is 10.2. The lowest BCUT2D eigenvalue weighted by atomic mass is 10.3. The van der Waals surface area contributed by atoms with Crippen LogP contribution in [-0.2, 0) is 0 Å². The number of nitrogens with one attached hydrogen (secondary N) is 3. The molecule has 7 heteroatoms. The highest BCUT2D eigenvalue weighted by atomic mass is 19.1. The highest BCUT2D eigenvalue weighted by molar-refractivity contribution is 5.59. The predicted molar refractivity (Wildman–Crippen MR) is 73.6 cm³/mol. The van der Waals surface area contributed by atoms with Gasteiger partial charge in [0.15, 0.2) is 11.6 Å². The number of H-pyrrole nitrogens is 1. The molecular formula is C13H11FN6. The van der Waals surface area contributed by atoms with Gasteiger partial charge in [-0.2, -0.15) is 10.1 Å². The van der Waals surface area contributed by atoms with E-state index in [2.05, 4.69) is 30.8 Å². The molecule has 3 rings (SSSR count). The number of para-hydroxylation sites is 1. The summed E-state index contributed by atoms with van der Waals surface area (Å²) >= 11 is 0. The number of halogens is 1. The average Bonchev–Trinajstić information content (AvgIpc) is 2.97. The van der Waals surface area contributed by atoms with Gasteiger partial charge in [0.25, 0.3) is 0 Å². The van der Waals surface area contributed by atoms with E-state index in [1.165, 1.54) is 0 Å². The molecule has 0 aliphatic carbocycles. The molecule has 3 N–H and O–H groups in total. The van der Waals surface area contributed by atoms with Crippen LogP contribution < -0.4 is 10.6 Å². The van der Waals surface area contributed by atoms with Crippen molar-refractivity contribution in [1.82, 2.24) is 20.2 Å². The number of hydrogen-bond acceptors (Lipinski definition) is 5. The summed E-state index contributed by atoms with van der Waals surface area (Å²) in [5, 5.41) is 12.3. The van der Waals surface area contributed by atoms with Crippen LogP contribution in [0.25, 0.3) is 0 Å². The van der Waals surface area contributed by atoms with E-state index >= 15 is 0 Å². The molecule has 0 atom stereocenters. The van der Waals surface area contributed by atoms with Crippen LogP contribution in [0.4, 0.5) is 27.5 Å². The van der Waals surface area contributed by atoms with Crippen LogP contribution >= 0.6 is 0 Å². The molecule has 0 amide bonds. The summed E-state index contributed by atoms with van der Waals surface area (Å²) in [5.41, 5.74) is 1.45. The number of aromatic nitrogens is 4. The molecule has 0 fully saturated rings. The standard InChI is InChI=1S/C13H11FN6/c14-11-8-15-13(19-10-6-16-17-7-10)20-12(11)18-9-4-2-1-3-5-9/h1-8H,(H,16,17)(H2,15,18,19,20). The first-order valence-electron chi connectivity index (χ1n) is 5.92. The maximum absolute atomic E-state index is 13.7. The van der Waals surface area contributed by atoms with E-state index in [0.29, 0.717) is 5.69 Å². The van der Waals surface area contributed by atoms with Gasteiger partial charge in [0, 0.05) is 11.9 Å². The van der Waals surface area contributed by atoms with Crippen molar-refractivity contribution >= 4 is 23.1 Å². The first-order chi connectivity index (χ1) is 9.81. The topological polar surface area (TPSA) is 78.5 Å². The smallest absolute Gasteiger partial charge is 0.229 e. The molecule has 0 bridgehead atoms. The fraction of sp³-hybridized carbons (Fsp3) is 0. The molecule has 2 aromatic heterocycles. The zero-order valence-corrected chi connectivity index (χ0v) is 10.3. The number of benzene rings is 1. The molecule has 0 spiro atoms. The third kappa shape index (κ3) is 2.72. The van der Waals surface area contributed by atoms with Crippen LogP contribution in [0.3, 0.4) is 0 Å². The molecule has 0 aliphatic heterocycles. The summed E-state index contributed by atoms with van der Waals surface area (Å²) in [5.74, 6) is -0.130. The summed E-state index contributed by atoms with van der Waals surface area (Å²) in [7, 11) is 0. The average molecular weight is 270 g/mol. The Morgan fingerprint density at radius 1 is 1.00 bits per heavy atom. The molecule has 0 radical (unpaired) electrons. The molecule has 1 aromatic carbocycles. The molecule has 0 saturated heterocycles. The van der Waals surface area contributed by atoms with E-state index in [1.54, 1.807) is 12.4 Å². The van der Waals surface area contributed by atoms with Gasteiger partial charge in [-0.1, -0.05) is 18.2 Å². The van der Waals surface area contributed by atoms with Gasteiger partial charge in [0.05, 0.1) is 18.1 Å². The van der Waals surface area contributed by atoms with Crippen LogP contribution in [-0.4, -0.2) is 20.2 Å². The van der Waals surface area contributed by atoms with Crippen molar-refractivity contribution in [2.45, 2.75) is 0 Å². The Hall–Kier alpha value is -2.96. The van der Waals surface area contributed by atoms with Gasteiger partial charge in [-0.15, -0.1) is 0 Å². The number of aromatic amines is 1. The van der Waals surface area contributed by atoms with Gasteiger partial charge in [-0.25, -0.2) is 9.37 Å². The second kappa shape index (κ2) is 5.35. The van der Waals surface area contributed by atoms with Gasteiger partial charge in [-0.3, -0.25) is 5.10 Å². The van der Waals surface area contributed by atoms with Crippen LogP contribution in [0.15, 0.2) is 48.9 Å². The lowest BCUT2D eigenvalue weighted by Gasteiger charge is -2.08. The van der Waals surface area contributed by atoms with Gasteiger partial charge in [-0.05, 0) is 12.1 Å². The number of nitrogens with zero attached hydrogens (tertiary/aromatic N) is 3. The van der Waals surface area contributed by atoms with Crippen LogP contribution in [0.5, 0.6) is 0 Å². The van der Waals surface area contributed by atoms with Gasteiger partial charge in [0.1, 0.15) is 0 Å². The summed E-state index contributed by atoms with van der Waals surface area (Å²) in [6.07, 6.45) is 4.34. The quantitative estimate of drug-likeness (QED) is 0.679. The SMILES string of the molecule is Fc1cnc(Nc2cn[nH]c2)nc1Nc1ccccc1. The first kappa shape index (κ1) is 12.1. The molecule has 0 aliphatic rings. The fourth-order valence-electron chi connectivity index (χ4n) is 1.62. The zero-order valence-electron chi connectivity index (χ0n) is 10.3. The Bertz CT molecular complexity index is 683. The Balaban J connectivity index is 1.83. The maximum atomic E-state index is 13.7. The maximum Gasteiger partial charge on any atom is 0.229 e. The monoisotopic (exact) mass is 270 g/mol. The third-order valence-corrected chi connectivity index (χ3v) is 2.53. The minimum atomic E-state index is -0.522. The van der Waals surface area contributed by atoms with Crippen molar-refractivity contribution in [3.8, 4) is 0 Å². The largest absolute Gasteiger partial charge is 0.338 e. The Morgan fingerprint density at radius 2 is 1.85 bits per heavy atom. The minimum Gasteiger partial charge on any atom is -0.338 e. The van der Waals surface area contributed by atoms with E-state index in [9.17, 15) is 4.39 Å². The van der Waals surface area contributed by atoms with E-state index in [1.807, 2.05) is 30.3 Å². The van der Waals surface area contributed by atoms with E-state index in [0.717, 1.165) is 11.9 Å².